The fraction of sp³-hybridized carbons (Fsp3) is 0.444. The molecule has 0 fully saturated rings. The molecule has 1 aromatic heterocycles. The molecular formula is C9H13N3S. The van der Waals surface area contributed by atoms with Gasteiger partial charge in [-0.1, -0.05) is 0 Å². The molecule has 3 nitrogen and oxygen atoms in total. The number of nitrogens with zero attached hydrogens (tertiary/aromatic N) is 1. The highest BCUT2D eigenvalue weighted by molar-refractivity contribution is 7.08. The van der Waals surface area contributed by atoms with Crippen molar-refractivity contribution in [1.82, 2.24) is 5.32 Å². The number of thiophene rings is 1. The Morgan fingerprint density at radius 1 is 1.46 bits per heavy atom. The molecule has 0 aliphatic carbocycles. The van der Waals surface area contributed by atoms with E-state index in [1.807, 2.05) is 0 Å². The molecule has 0 saturated carbocycles. The molecule has 0 radical (unpaired) electrons. The summed E-state index contributed by atoms with van der Waals surface area (Å²) in [6.45, 7) is 1.95. The first-order valence-corrected chi connectivity index (χ1v) is 5.47. The molecule has 0 atom stereocenters. The molecule has 1 aromatic rings. The molecule has 0 unspecified atom stereocenters. The Morgan fingerprint density at radius 3 is 3.31 bits per heavy atom. The summed E-state index contributed by atoms with van der Waals surface area (Å²) in [5, 5.41) is 10.6. The van der Waals surface area contributed by atoms with Gasteiger partial charge in [0.2, 0.25) is 0 Å². The molecule has 0 spiro atoms. The van der Waals surface area contributed by atoms with Gasteiger partial charge in [-0.05, 0) is 24.3 Å². The third-order valence-electron chi connectivity index (χ3n) is 1.93. The van der Waals surface area contributed by atoms with E-state index >= 15 is 0 Å². The molecule has 4 heteroatoms. The molecule has 1 aliphatic heterocycles. The van der Waals surface area contributed by atoms with Crippen LogP contribution < -0.4 is 10.6 Å². The Balaban J connectivity index is 1.96. The van der Waals surface area contributed by atoms with E-state index in [9.17, 15) is 0 Å². The SMILES string of the molecule is c1cc(NC2=NCCCCN2)cs1. The van der Waals surface area contributed by atoms with Crippen molar-refractivity contribution < 1.29 is 0 Å². The van der Waals surface area contributed by atoms with Crippen molar-refractivity contribution in [2.24, 2.45) is 4.99 Å². The summed E-state index contributed by atoms with van der Waals surface area (Å²) in [6, 6.07) is 2.06. The smallest absolute Gasteiger partial charge is 0.195 e. The van der Waals surface area contributed by atoms with Crippen LogP contribution in [0.15, 0.2) is 21.8 Å². The second kappa shape index (κ2) is 4.28. The lowest BCUT2D eigenvalue weighted by molar-refractivity contribution is 0.749. The summed E-state index contributed by atoms with van der Waals surface area (Å²) >= 11 is 1.69. The summed E-state index contributed by atoms with van der Waals surface area (Å²) in [6.07, 6.45) is 2.39. The van der Waals surface area contributed by atoms with E-state index in [1.165, 1.54) is 12.8 Å². The quantitative estimate of drug-likeness (QED) is 0.718. The number of aliphatic imine (C=N–C) groups is 1. The maximum atomic E-state index is 4.40. The van der Waals surface area contributed by atoms with Crippen LogP contribution in [0.5, 0.6) is 0 Å². The van der Waals surface area contributed by atoms with Gasteiger partial charge in [0.05, 0.1) is 5.69 Å². The summed E-state index contributed by atoms with van der Waals surface area (Å²) in [7, 11) is 0. The topological polar surface area (TPSA) is 36.4 Å². The Kier molecular flexibility index (Phi) is 2.82. The van der Waals surface area contributed by atoms with Crippen LogP contribution in [-0.4, -0.2) is 19.0 Å². The zero-order chi connectivity index (χ0) is 8.93. The molecule has 0 saturated heterocycles. The molecule has 13 heavy (non-hydrogen) atoms. The summed E-state index contributed by atoms with van der Waals surface area (Å²) in [4.78, 5) is 4.40. The van der Waals surface area contributed by atoms with E-state index in [0.29, 0.717) is 0 Å². The van der Waals surface area contributed by atoms with Crippen molar-refractivity contribution in [2.75, 3.05) is 18.4 Å². The van der Waals surface area contributed by atoms with Gasteiger partial charge in [0.15, 0.2) is 5.96 Å². The van der Waals surface area contributed by atoms with Gasteiger partial charge in [-0.25, -0.2) is 0 Å². The van der Waals surface area contributed by atoms with Crippen molar-refractivity contribution >= 4 is 23.0 Å². The van der Waals surface area contributed by atoms with Gasteiger partial charge in [0.1, 0.15) is 0 Å². The molecular weight excluding hydrogens is 182 g/mol. The minimum Gasteiger partial charge on any atom is -0.356 e. The van der Waals surface area contributed by atoms with E-state index in [-0.39, 0.29) is 0 Å². The van der Waals surface area contributed by atoms with Crippen LogP contribution in [0.2, 0.25) is 0 Å². The van der Waals surface area contributed by atoms with Gasteiger partial charge in [-0.15, -0.1) is 0 Å². The second-order valence-corrected chi connectivity index (χ2v) is 3.78. The van der Waals surface area contributed by atoms with Gasteiger partial charge < -0.3 is 10.6 Å². The highest BCUT2D eigenvalue weighted by Crippen LogP contribution is 2.11. The predicted octanol–water partition coefficient (Wildman–Crippen LogP) is 1.90. The van der Waals surface area contributed by atoms with E-state index in [1.54, 1.807) is 11.3 Å². The summed E-state index contributed by atoms with van der Waals surface area (Å²) in [5.74, 6) is 0.913. The van der Waals surface area contributed by atoms with Crippen LogP contribution in [0.3, 0.4) is 0 Å². The number of rotatable bonds is 1. The van der Waals surface area contributed by atoms with Crippen LogP contribution in [0.1, 0.15) is 12.8 Å². The fourth-order valence-electron chi connectivity index (χ4n) is 1.25. The molecule has 0 bridgehead atoms. The molecule has 70 valence electrons. The molecule has 2 heterocycles. The number of hydrogen-bond donors (Lipinski definition) is 2. The maximum absolute atomic E-state index is 4.40. The number of hydrogen-bond acceptors (Lipinski definition) is 4. The lowest BCUT2D eigenvalue weighted by atomic mass is 10.3. The Morgan fingerprint density at radius 2 is 2.46 bits per heavy atom. The van der Waals surface area contributed by atoms with Crippen molar-refractivity contribution in [3.05, 3.63) is 16.8 Å². The molecule has 2 rings (SSSR count). The first-order chi connectivity index (χ1) is 6.45. The van der Waals surface area contributed by atoms with E-state index < -0.39 is 0 Å². The minimum atomic E-state index is 0.913. The van der Waals surface area contributed by atoms with Crippen molar-refractivity contribution in [3.63, 3.8) is 0 Å². The molecule has 0 aromatic carbocycles. The third kappa shape index (κ3) is 2.45. The van der Waals surface area contributed by atoms with Crippen molar-refractivity contribution in [1.29, 1.82) is 0 Å². The number of guanidine groups is 1. The van der Waals surface area contributed by atoms with Crippen LogP contribution >= 0.6 is 11.3 Å². The normalized spacial score (nSPS) is 17.1. The fourth-order valence-corrected chi connectivity index (χ4v) is 1.83. The zero-order valence-electron chi connectivity index (χ0n) is 7.42. The zero-order valence-corrected chi connectivity index (χ0v) is 8.23. The van der Waals surface area contributed by atoms with Gasteiger partial charge in [-0.2, -0.15) is 11.3 Å². The third-order valence-corrected chi connectivity index (χ3v) is 2.61. The monoisotopic (exact) mass is 195 g/mol. The lowest BCUT2D eigenvalue weighted by Crippen LogP contribution is -2.30. The average Bonchev–Trinajstić information content (AvgIpc) is 2.49. The van der Waals surface area contributed by atoms with Crippen LogP contribution in [0.4, 0.5) is 5.69 Å². The molecule has 2 N–H and O–H groups in total. The highest BCUT2D eigenvalue weighted by atomic mass is 32.1. The van der Waals surface area contributed by atoms with E-state index in [0.717, 1.165) is 24.7 Å². The van der Waals surface area contributed by atoms with Crippen LogP contribution in [-0.2, 0) is 0 Å². The van der Waals surface area contributed by atoms with Crippen LogP contribution in [0, 0.1) is 0 Å². The van der Waals surface area contributed by atoms with Gasteiger partial charge in [0, 0.05) is 18.5 Å². The minimum absolute atomic E-state index is 0.913. The maximum Gasteiger partial charge on any atom is 0.195 e. The Labute approximate surface area is 81.9 Å². The summed E-state index contributed by atoms with van der Waals surface area (Å²) < 4.78 is 0. The molecule has 1 aliphatic rings. The van der Waals surface area contributed by atoms with Gasteiger partial charge in [0.25, 0.3) is 0 Å². The van der Waals surface area contributed by atoms with Crippen molar-refractivity contribution in [2.45, 2.75) is 12.8 Å². The first kappa shape index (κ1) is 8.56. The Bertz CT molecular complexity index is 279. The predicted molar refractivity (Wildman–Crippen MR) is 57.5 cm³/mol. The lowest BCUT2D eigenvalue weighted by Gasteiger charge is -2.07. The highest BCUT2D eigenvalue weighted by Gasteiger charge is 2.02. The average molecular weight is 195 g/mol. The Hall–Kier alpha value is -1.03. The van der Waals surface area contributed by atoms with Gasteiger partial charge >= 0.3 is 0 Å². The van der Waals surface area contributed by atoms with Gasteiger partial charge in [-0.3, -0.25) is 4.99 Å². The number of anilines is 1. The van der Waals surface area contributed by atoms with E-state index in [4.69, 9.17) is 0 Å². The molecule has 0 amide bonds. The largest absolute Gasteiger partial charge is 0.356 e. The number of nitrogens with one attached hydrogen (secondary N) is 2. The van der Waals surface area contributed by atoms with Crippen molar-refractivity contribution in [3.8, 4) is 0 Å². The first-order valence-electron chi connectivity index (χ1n) is 4.53. The standard InChI is InChI=1S/C9H13N3S/c1-2-5-11-9(10-4-1)12-8-3-6-13-7-8/h3,6-7H,1-2,4-5H2,(H2,10,11,12). The summed E-state index contributed by atoms with van der Waals surface area (Å²) in [5.41, 5.74) is 1.12. The van der Waals surface area contributed by atoms with E-state index in [2.05, 4.69) is 32.5 Å². The second-order valence-electron chi connectivity index (χ2n) is 3.00. The van der Waals surface area contributed by atoms with Crippen LogP contribution in [0.25, 0.3) is 0 Å².